The number of rotatable bonds is 5. The molecule has 2 N–H and O–H groups in total. The van der Waals surface area contributed by atoms with Crippen molar-refractivity contribution in [1.29, 1.82) is 0 Å². The third kappa shape index (κ3) is 3.75. The molecule has 1 aromatic heterocycles. The van der Waals surface area contributed by atoms with E-state index in [0.717, 1.165) is 12.0 Å². The van der Waals surface area contributed by atoms with Crippen molar-refractivity contribution in [3.63, 3.8) is 0 Å². The first-order chi connectivity index (χ1) is 13.5. The second kappa shape index (κ2) is 7.22. The maximum Gasteiger partial charge on any atom is 0.255 e. The van der Waals surface area contributed by atoms with Crippen LogP contribution >= 0.6 is 0 Å². The van der Waals surface area contributed by atoms with Gasteiger partial charge in [-0.25, -0.2) is 4.68 Å². The molecule has 1 aliphatic carbocycles. The van der Waals surface area contributed by atoms with E-state index in [1.807, 2.05) is 18.2 Å². The number of aryl methyl sites for hydroxylation is 1. The van der Waals surface area contributed by atoms with E-state index in [4.69, 9.17) is 0 Å². The zero-order chi connectivity index (χ0) is 19.7. The maximum absolute atomic E-state index is 12.6. The van der Waals surface area contributed by atoms with Crippen LogP contribution in [0.5, 0.6) is 0 Å². The number of carbonyl (C=O) groups is 2. The van der Waals surface area contributed by atoms with Gasteiger partial charge in [0.1, 0.15) is 0 Å². The highest BCUT2D eigenvalue weighted by molar-refractivity contribution is 6.05. The summed E-state index contributed by atoms with van der Waals surface area (Å²) in [7, 11) is 1.75. The van der Waals surface area contributed by atoms with E-state index in [2.05, 4.69) is 33.1 Å². The predicted octanol–water partition coefficient (Wildman–Crippen LogP) is 2.72. The van der Waals surface area contributed by atoms with Crippen molar-refractivity contribution in [2.75, 3.05) is 10.6 Å². The molecule has 2 unspecified atom stereocenters. The molecule has 0 radical (unpaired) electrons. The van der Waals surface area contributed by atoms with E-state index in [1.54, 1.807) is 42.1 Å². The zero-order valence-corrected chi connectivity index (χ0v) is 15.6. The minimum atomic E-state index is -0.260. The predicted molar refractivity (Wildman–Crippen MR) is 105 cm³/mol. The van der Waals surface area contributed by atoms with Gasteiger partial charge in [0, 0.05) is 35.5 Å². The number of nitrogens with one attached hydrogen (secondary N) is 2. The number of hydrogen-bond donors (Lipinski definition) is 2. The van der Waals surface area contributed by atoms with Crippen LogP contribution in [0.1, 0.15) is 23.7 Å². The maximum atomic E-state index is 12.6. The van der Waals surface area contributed by atoms with E-state index >= 15 is 0 Å². The molecule has 1 aliphatic rings. The van der Waals surface area contributed by atoms with Crippen LogP contribution < -0.4 is 10.6 Å². The van der Waals surface area contributed by atoms with E-state index in [0.29, 0.717) is 28.7 Å². The average molecular weight is 376 g/mol. The van der Waals surface area contributed by atoms with Gasteiger partial charge in [0.05, 0.1) is 0 Å². The van der Waals surface area contributed by atoms with Gasteiger partial charge in [-0.1, -0.05) is 25.1 Å². The largest absolute Gasteiger partial charge is 0.326 e. The van der Waals surface area contributed by atoms with Crippen molar-refractivity contribution >= 4 is 23.2 Å². The molecule has 0 aliphatic heterocycles. The summed E-state index contributed by atoms with van der Waals surface area (Å²) in [6.45, 7) is 2.05. The fourth-order valence-corrected chi connectivity index (χ4v) is 3.07. The fraction of sp³-hybridized carbons (Fsp3) is 0.250. The van der Waals surface area contributed by atoms with Crippen molar-refractivity contribution in [2.24, 2.45) is 18.9 Å². The summed E-state index contributed by atoms with van der Waals surface area (Å²) in [6.07, 6.45) is 0.920. The van der Waals surface area contributed by atoms with Crippen LogP contribution in [0, 0.1) is 11.8 Å². The monoisotopic (exact) mass is 376 g/mol. The number of hydrogen-bond acceptors (Lipinski definition) is 5. The van der Waals surface area contributed by atoms with Gasteiger partial charge in [-0.3, -0.25) is 9.59 Å². The lowest BCUT2D eigenvalue weighted by Gasteiger charge is -2.09. The van der Waals surface area contributed by atoms with Crippen LogP contribution in [0.25, 0.3) is 11.4 Å². The topological polar surface area (TPSA) is 102 Å². The lowest BCUT2D eigenvalue weighted by atomic mass is 10.1. The standard InChI is InChI=1S/C20H20N6O2/c1-12-9-17(12)20(28)22-16-8-4-6-14(11-16)19(27)21-15-7-3-5-13(10-15)18-23-24-25-26(18)2/h3-8,10-12,17H,9H2,1-2H3,(H,21,27)(H,22,28). The third-order valence-electron chi connectivity index (χ3n) is 4.84. The summed E-state index contributed by atoms with van der Waals surface area (Å²) in [4.78, 5) is 24.8. The second-order valence-corrected chi connectivity index (χ2v) is 7.05. The normalized spacial score (nSPS) is 17.8. The van der Waals surface area contributed by atoms with Gasteiger partial charge >= 0.3 is 0 Å². The first-order valence-corrected chi connectivity index (χ1v) is 9.06. The number of anilines is 2. The van der Waals surface area contributed by atoms with E-state index < -0.39 is 0 Å². The molecule has 1 saturated carbocycles. The number of tetrazole rings is 1. The lowest BCUT2D eigenvalue weighted by molar-refractivity contribution is -0.117. The molecular formula is C20H20N6O2. The van der Waals surface area contributed by atoms with Crippen LogP contribution in [0.3, 0.4) is 0 Å². The Hall–Kier alpha value is -3.55. The van der Waals surface area contributed by atoms with Gasteiger partial charge in [0.25, 0.3) is 5.91 Å². The van der Waals surface area contributed by atoms with Crippen molar-refractivity contribution in [2.45, 2.75) is 13.3 Å². The molecule has 8 heteroatoms. The molecule has 28 heavy (non-hydrogen) atoms. The van der Waals surface area contributed by atoms with Gasteiger partial charge in [0.15, 0.2) is 5.82 Å². The molecule has 8 nitrogen and oxygen atoms in total. The lowest BCUT2D eigenvalue weighted by Crippen LogP contribution is -2.16. The van der Waals surface area contributed by atoms with E-state index in [9.17, 15) is 9.59 Å². The highest BCUT2D eigenvalue weighted by Crippen LogP contribution is 2.38. The molecule has 0 bridgehead atoms. The summed E-state index contributed by atoms with van der Waals surface area (Å²) >= 11 is 0. The quantitative estimate of drug-likeness (QED) is 0.713. The van der Waals surface area contributed by atoms with Gasteiger partial charge in [-0.15, -0.1) is 5.10 Å². The van der Waals surface area contributed by atoms with Crippen molar-refractivity contribution in [1.82, 2.24) is 20.2 Å². The summed E-state index contributed by atoms with van der Waals surface area (Å²) < 4.78 is 1.56. The molecule has 1 fully saturated rings. The number of carbonyl (C=O) groups excluding carboxylic acids is 2. The Morgan fingerprint density at radius 1 is 1.07 bits per heavy atom. The number of aromatic nitrogens is 4. The van der Waals surface area contributed by atoms with Crippen molar-refractivity contribution in [3.05, 3.63) is 54.1 Å². The fourth-order valence-electron chi connectivity index (χ4n) is 3.07. The first kappa shape index (κ1) is 17.8. The second-order valence-electron chi connectivity index (χ2n) is 7.05. The molecule has 3 aromatic rings. The summed E-state index contributed by atoms with van der Waals surface area (Å²) in [6, 6.07) is 14.2. The summed E-state index contributed by atoms with van der Waals surface area (Å²) in [5.74, 6) is 0.868. The summed E-state index contributed by atoms with van der Waals surface area (Å²) in [5.41, 5.74) is 2.51. The SMILES string of the molecule is CC1CC1C(=O)Nc1cccc(C(=O)Nc2cccc(-c3nnnn3C)c2)c1. The van der Waals surface area contributed by atoms with Crippen LogP contribution in [0.15, 0.2) is 48.5 Å². The molecular weight excluding hydrogens is 356 g/mol. The van der Waals surface area contributed by atoms with Crippen molar-refractivity contribution < 1.29 is 9.59 Å². The number of amides is 2. The molecule has 1 heterocycles. The molecule has 2 aromatic carbocycles. The van der Waals surface area contributed by atoms with Gasteiger partial charge < -0.3 is 10.6 Å². The van der Waals surface area contributed by atoms with Crippen molar-refractivity contribution in [3.8, 4) is 11.4 Å². The molecule has 2 amide bonds. The van der Waals surface area contributed by atoms with Gasteiger partial charge in [-0.05, 0) is 53.1 Å². The molecule has 0 saturated heterocycles. The molecule has 2 atom stereocenters. The van der Waals surface area contributed by atoms with Crippen LogP contribution in [0.2, 0.25) is 0 Å². The smallest absolute Gasteiger partial charge is 0.255 e. The Kier molecular flexibility index (Phi) is 4.60. The Morgan fingerprint density at radius 2 is 1.79 bits per heavy atom. The van der Waals surface area contributed by atoms with E-state index in [1.165, 1.54) is 0 Å². The van der Waals surface area contributed by atoms with Gasteiger partial charge in [0.2, 0.25) is 5.91 Å². The Labute approximate surface area is 162 Å². The zero-order valence-electron chi connectivity index (χ0n) is 15.6. The highest BCUT2D eigenvalue weighted by Gasteiger charge is 2.39. The Bertz CT molecular complexity index is 1040. The molecule has 0 spiro atoms. The van der Waals surface area contributed by atoms with E-state index in [-0.39, 0.29) is 17.7 Å². The summed E-state index contributed by atoms with van der Waals surface area (Å²) in [5, 5.41) is 17.2. The highest BCUT2D eigenvalue weighted by atomic mass is 16.2. The average Bonchev–Trinajstić information content (AvgIpc) is 3.27. The van der Waals surface area contributed by atoms with Crippen LogP contribution in [0.4, 0.5) is 11.4 Å². The first-order valence-electron chi connectivity index (χ1n) is 9.06. The minimum absolute atomic E-state index is 0.00930. The Balaban J connectivity index is 1.47. The van der Waals surface area contributed by atoms with Gasteiger partial charge in [-0.2, -0.15) is 0 Å². The van der Waals surface area contributed by atoms with Crippen LogP contribution in [-0.2, 0) is 11.8 Å². The molecule has 4 rings (SSSR count). The Morgan fingerprint density at radius 3 is 2.46 bits per heavy atom. The third-order valence-corrected chi connectivity index (χ3v) is 4.84. The minimum Gasteiger partial charge on any atom is -0.326 e. The molecule has 142 valence electrons. The number of nitrogens with zero attached hydrogens (tertiary/aromatic N) is 4. The van der Waals surface area contributed by atoms with Crippen LogP contribution in [-0.4, -0.2) is 32.0 Å². The number of benzene rings is 2.